The van der Waals surface area contributed by atoms with Gasteiger partial charge in [0.15, 0.2) is 8.07 Å². The van der Waals surface area contributed by atoms with E-state index in [0.29, 0.717) is 0 Å². The summed E-state index contributed by atoms with van der Waals surface area (Å²) in [5.41, 5.74) is 6.78. The van der Waals surface area contributed by atoms with Crippen LogP contribution >= 0.6 is 22.7 Å². The predicted molar refractivity (Wildman–Crippen MR) is 285 cm³/mol. The Morgan fingerprint density at radius 2 is 0.662 bits per heavy atom. The molecule has 0 fully saturated rings. The average molecular weight is 883 g/mol. The summed E-state index contributed by atoms with van der Waals surface area (Å²) < 4.78 is 5.17. The molecule has 0 aliphatic heterocycles. The lowest BCUT2D eigenvalue weighted by Gasteiger charge is -2.39. The van der Waals surface area contributed by atoms with Crippen molar-refractivity contribution in [2.24, 2.45) is 0 Å². The van der Waals surface area contributed by atoms with Crippen LogP contribution in [-0.2, 0) is 0 Å². The topological polar surface area (TPSA) is 6.48 Å². The smallest absolute Gasteiger partial charge is 0.181 e. The van der Waals surface area contributed by atoms with Gasteiger partial charge in [-0.15, -0.1) is 22.7 Å². The lowest BCUT2D eigenvalue weighted by molar-refractivity contribution is 1.29. The molecule has 0 N–H and O–H groups in total. The third-order valence-electron chi connectivity index (χ3n) is 12.8. The first-order valence-electron chi connectivity index (χ1n) is 22.1. The second-order valence-corrected chi connectivity index (χ2v) is 22.4. The van der Waals surface area contributed by atoms with Crippen molar-refractivity contribution in [1.82, 2.24) is 0 Å². The molecule has 0 radical (unpaired) electrons. The molecule has 0 atom stereocenters. The fourth-order valence-electron chi connectivity index (χ4n) is 9.94. The van der Waals surface area contributed by atoms with Crippen LogP contribution in [0.25, 0.3) is 40.3 Å². The van der Waals surface area contributed by atoms with E-state index in [-0.39, 0.29) is 0 Å². The van der Waals surface area contributed by atoms with Gasteiger partial charge in [-0.3, -0.25) is 0 Å². The number of anilines is 6. The van der Waals surface area contributed by atoms with Crippen LogP contribution in [0.3, 0.4) is 0 Å². The SMILES string of the molecule is c1ccc(N(c2cccc([Si](c3ccccc3)(c3ccccc3)c3ccccc3N(c3ccccc3)c3ccc4c(c3)sc3ccccc34)c2)c2ccc3c(c2)sc2ccccc23)cc1. The van der Waals surface area contributed by atoms with Crippen LogP contribution in [0, 0.1) is 0 Å². The quantitative estimate of drug-likeness (QED) is 0.0997. The standard InChI is InChI=1S/C60H42N2S2Si/c1-5-20-43(21-6-1)61(46-36-38-53-51-30-13-16-33-56(51)63-58(53)41-46)45-24-19-29-50(40-45)65(48-25-9-3-10-26-48,49-27-11-4-12-28-49)60-35-18-15-32-55(60)62(44-22-7-2-8-23-44)47-37-39-54-52-31-14-17-34-57(52)64-59(54)42-47/h1-42H. The Morgan fingerprint density at radius 3 is 1.23 bits per heavy atom. The van der Waals surface area contributed by atoms with E-state index in [0.717, 1.165) is 28.4 Å². The molecular weight excluding hydrogens is 841 g/mol. The number of rotatable bonds is 10. The zero-order chi connectivity index (χ0) is 43.2. The molecule has 2 heterocycles. The second-order valence-electron chi connectivity index (χ2n) is 16.4. The van der Waals surface area contributed by atoms with Crippen molar-refractivity contribution in [1.29, 1.82) is 0 Å². The minimum atomic E-state index is -3.16. The molecule has 0 unspecified atom stereocenters. The molecule has 2 nitrogen and oxygen atoms in total. The van der Waals surface area contributed by atoms with Gasteiger partial charge in [0, 0.05) is 74.5 Å². The predicted octanol–water partition coefficient (Wildman–Crippen LogP) is 14.7. The van der Waals surface area contributed by atoms with Gasteiger partial charge < -0.3 is 9.80 Å². The van der Waals surface area contributed by atoms with E-state index in [2.05, 4.69) is 265 Å². The van der Waals surface area contributed by atoms with Gasteiger partial charge in [0.2, 0.25) is 0 Å². The van der Waals surface area contributed by atoms with Gasteiger partial charge in [-0.1, -0.05) is 176 Å². The fourth-order valence-corrected chi connectivity index (χ4v) is 17.2. The highest BCUT2D eigenvalue weighted by molar-refractivity contribution is 7.26. The molecule has 0 aliphatic rings. The molecule has 0 aliphatic carbocycles. The maximum Gasteiger partial charge on any atom is 0.181 e. The third-order valence-corrected chi connectivity index (χ3v) is 19.8. The van der Waals surface area contributed by atoms with E-state index in [4.69, 9.17) is 0 Å². The van der Waals surface area contributed by atoms with Crippen LogP contribution in [0.15, 0.2) is 255 Å². The highest BCUT2D eigenvalue weighted by Crippen LogP contribution is 2.42. The van der Waals surface area contributed by atoms with E-state index >= 15 is 0 Å². The summed E-state index contributed by atoms with van der Waals surface area (Å²) in [6, 6.07) is 94.5. The third kappa shape index (κ3) is 6.75. The lowest BCUT2D eigenvalue weighted by Crippen LogP contribution is -2.75. The van der Waals surface area contributed by atoms with Gasteiger partial charge in [0.1, 0.15) is 0 Å². The van der Waals surface area contributed by atoms with E-state index in [9.17, 15) is 0 Å². The summed E-state index contributed by atoms with van der Waals surface area (Å²) in [6.07, 6.45) is 0. The molecular formula is C60H42N2S2Si. The second kappa shape index (κ2) is 16.5. The minimum absolute atomic E-state index is 1.11. The van der Waals surface area contributed by atoms with Crippen LogP contribution in [0.1, 0.15) is 0 Å². The highest BCUT2D eigenvalue weighted by atomic mass is 32.1. The van der Waals surface area contributed by atoms with Crippen molar-refractivity contribution in [2.75, 3.05) is 9.80 Å². The fraction of sp³-hybridized carbons (Fsp3) is 0. The maximum absolute atomic E-state index is 3.16. The van der Waals surface area contributed by atoms with Crippen LogP contribution in [-0.4, -0.2) is 8.07 Å². The van der Waals surface area contributed by atoms with Gasteiger partial charge in [-0.2, -0.15) is 0 Å². The minimum Gasteiger partial charge on any atom is -0.311 e. The van der Waals surface area contributed by atoms with Gasteiger partial charge >= 0.3 is 0 Å². The normalized spacial score (nSPS) is 11.7. The molecule has 12 rings (SSSR count). The summed E-state index contributed by atoms with van der Waals surface area (Å²) in [5, 5.41) is 10.5. The first kappa shape index (κ1) is 39.1. The van der Waals surface area contributed by atoms with Crippen LogP contribution < -0.4 is 30.5 Å². The molecule has 0 bridgehead atoms. The van der Waals surface area contributed by atoms with E-state index < -0.39 is 8.07 Å². The Kier molecular flexibility index (Phi) is 9.94. The zero-order valence-electron chi connectivity index (χ0n) is 35.5. The number of hydrogen-bond donors (Lipinski definition) is 0. The number of fused-ring (bicyclic) bond motifs is 6. The molecule has 5 heteroatoms. The molecule has 2 aromatic heterocycles. The molecule has 10 aromatic carbocycles. The Bertz CT molecular complexity index is 3580. The summed E-state index contributed by atoms with van der Waals surface area (Å²) in [7, 11) is -3.16. The van der Waals surface area contributed by atoms with E-state index in [1.807, 2.05) is 22.7 Å². The molecule has 65 heavy (non-hydrogen) atoms. The molecule has 308 valence electrons. The number of thiophene rings is 2. The number of hydrogen-bond acceptors (Lipinski definition) is 4. The summed E-state index contributed by atoms with van der Waals surface area (Å²) in [6.45, 7) is 0. The van der Waals surface area contributed by atoms with Gasteiger partial charge in [-0.25, -0.2) is 0 Å². The number of para-hydroxylation sites is 3. The van der Waals surface area contributed by atoms with Crippen LogP contribution in [0.4, 0.5) is 34.1 Å². The van der Waals surface area contributed by atoms with Crippen LogP contribution in [0.2, 0.25) is 0 Å². The molecule has 0 spiro atoms. The molecule has 12 aromatic rings. The van der Waals surface area contributed by atoms with Crippen molar-refractivity contribution in [3.8, 4) is 0 Å². The summed E-state index contributed by atoms with van der Waals surface area (Å²) in [4.78, 5) is 4.93. The maximum atomic E-state index is 2.49. The molecule has 0 saturated heterocycles. The average Bonchev–Trinajstić information content (AvgIpc) is 3.94. The summed E-state index contributed by atoms with van der Waals surface area (Å²) in [5.74, 6) is 0. The zero-order valence-corrected chi connectivity index (χ0v) is 38.1. The van der Waals surface area contributed by atoms with Crippen molar-refractivity contribution in [3.05, 3.63) is 255 Å². The van der Waals surface area contributed by atoms with Gasteiger partial charge in [-0.05, 0) is 99.6 Å². The summed E-state index contributed by atoms with van der Waals surface area (Å²) >= 11 is 3.72. The number of nitrogens with zero attached hydrogens (tertiary/aromatic N) is 2. The van der Waals surface area contributed by atoms with E-state index in [1.54, 1.807) is 0 Å². The van der Waals surface area contributed by atoms with Crippen LogP contribution in [0.5, 0.6) is 0 Å². The van der Waals surface area contributed by atoms with Crippen molar-refractivity contribution in [2.45, 2.75) is 0 Å². The first-order valence-corrected chi connectivity index (χ1v) is 25.7. The molecule has 0 saturated carbocycles. The first-order chi connectivity index (χ1) is 32.2. The monoisotopic (exact) mass is 882 g/mol. The largest absolute Gasteiger partial charge is 0.311 e. The molecule has 0 amide bonds. The Hall–Kier alpha value is -7.54. The number of benzene rings is 10. The van der Waals surface area contributed by atoms with Gasteiger partial charge in [0.25, 0.3) is 0 Å². The highest BCUT2D eigenvalue weighted by Gasteiger charge is 2.44. The van der Waals surface area contributed by atoms with E-state index in [1.165, 1.54) is 66.8 Å². The van der Waals surface area contributed by atoms with Gasteiger partial charge in [0.05, 0.1) is 0 Å². The van der Waals surface area contributed by atoms with Crippen molar-refractivity contribution < 1.29 is 0 Å². The Labute approximate surface area is 388 Å². The Morgan fingerprint density at radius 1 is 0.262 bits per heavy atom. The van der Waals surface area contributed by atoms with Crippen molar-refractivity contribution >= 4 is 126 Å². The Balaban J connectivity index is 1.12. The lowest BCUT2D eigenvalue weighted by atomic mass is 10.1. The van der Waals surface area contributed by atoms with Crippen molar-refractivity contribution in [3.63, 3.8) is 0 Å².